The van der Waals surface area contributed by atoms with Crippen LogP contribution in [0.5, 0.6) is 11.5 Å². The number of nitrogens with two attached hydrogens (primary N) is 1. The number of aliphatic hydroxyl groups excluding tert-OH is 1. The number of aliphatic hydroxyl groups is 1. The highest BCUT2D eigenvalue weighted by molar-refractivity contribution is 5.85. The zero-order valence-corrected chi connectivity index (χ0v) is 15.9. The molecule has 4 nitrogen and oxygen atoms in total. The fraction of sp³-hybridized carbons (Fsp3) is 0.700. The third kappa shape index (κ3) is 2.73. The number of hydrogen-bond donors (Lipinski definition) is 3. The van der Waals surface area contributed by atoms with Gasteiger partial charge in [-0.3, -0.25) is 0 Å². The van der Waals surface area contributed by atoms with E-state index < -0.39 is 0 Å². The molecule has 0 aromatic heterocycles. The van der Waals surface area contributed by atoms with Crippen LogP contribution in [0.2, 0.25) is 0 Å². The highest BCUT2D eigenvalue weighted by Crippen LogP contribution is 2.62. The minimum atomic E-state index is -0.167. The highest BCUT2D eigenvalue weighted by Gasteiger charge is 2.55. The topological polar surface area (TPSA) is 75.7 Å². The maximum atomic E-state index is 10.5. The first-order valence-electron chi connectivity index (χ1n) is 9.39. The van der Waals surface area contributed by atoms with Gasteiger partial charge in [-0.25, -0.2) is 0 Å². The molecule has 0 amide bonds. The van der Waals surface area contributed by atoms with E-state index in [-0.39, 0.29) is 35.7 Å². The Balaban J connectivity index is 0.00000182. The van der Waals surface area contributed by atoms with Gasteiger partial charge in [0.25, 0.3) is 0 Å². The molecule has 1 aromatic rings. The van der Waals surface area contributed by atoms with Gasteiger partial charge in [0.05, 0.1) is 12.7 Å². The fourth-order valence-corrected chi connectivity index (χ4v) is 5.91. The molecule has 0 aliphatic heterocycles. The minimum Gasteiger partial charge on any atom is -0.504 e. The summed E-state index contributed by atoms with van der Waals surface area (Å²) >= 11 is 0. The predicted molar refractivity (Wildman–Crippen MR) is 100 cm³/mol. The van der Waals surface area contributed by atoms with Crippen LogP contribution in [0, 0.1) is 17.3 Å². The third-order valence-electron chi connectivity index (χ3n) is 7.18. The Hall–Kier alpha value is -0.970. The Morgan fingerprint density at radius 3 is 2.72 bits per heavy atom. The van der Waals surface area contributed by atoms with Crippen LogP contribution < -0.4 is 10.5 Å². The van der Waals surface area contributed by atoms with E-state index in [9.17, 15) is 10.2 Å². The summed E-state index contributed by atoms with van der Waals surface area (Å²) in [6, 6.07) is 3.81. The summed E-state index contributed by atoms with van der Waals surface area (Å²) in [5, 5.41) is 20.7. The molecule has 5 heteroatoms. The summed E-state index contributed by atoms with van der Waals surface area (Å²) in [6.07, 6.45) is 4.98. The standard InChI is InChI=1S/C20H29NO3.ClH/c1-3-24-18-10-12-11-6-7-20(2)15(4-5-19(20)23)13(11)8-16(21)14(12)9-17(18)22;/h9-11,13,15-16,19,22-23H,3-8,21H2,1-2H3;1H/t11-,13-,15+,16?,19+,20+;/m1./s1. The summed E-state index contributed by atoms with van der Waals surface area (Å²) < 4.78 is 5.61. The van der Waals surface area contributed by atoms with Crippen LogP contribution in [0.3, 0.4) is 0 Å². The number of halogens is 1. The molecule has 2 fully saturated rings. The molecule has 4 rings (SSSR count). The van der Waals surface area contributed by atoms with Crippen molar-refractivity contribution in [2.45, 2.75) is 64.0 Å². The van der Waals surface area contributed by atoms with Crippen molar-refractivity contribution in [1.29, 1.82) is 0 Å². The largest absolute Gasteiger partial charge is 0.504 e. The Bertz CT molecular complexity index is 652. The van der Waals surface area contributed by atoms with Crippen molar-refractivity contribution in [3.8, 4) is 11.5 Å². The van der Waals surface area contributed by atoms with Gasteiger partial charge in [-0.05, 0) is 85.5 Å². The third-order valence-corrected chi connectivity index (χ3v) is 7.18. The average molecular weight is 368 g/mol. The smallest absolute Gasteiger partial charge is 0.161 e. The maximum Gasteiger partial charge on any atom is 0.161 e. The molecular weight excluding hydrogens is 338 g/mol. The van der Waals surface area contributed by atoms with Crippen LogP contribution in [0.15, 0.2) is 12.1 Å². The minimum absolute atomic E-state index is 0. The van der Waals surface area contributed by atoms with Crippen molar-refractivity contribution in [2.24, 2.45) is 23.0 Å². The van der Waals surface area contributed by atoms with Crippen LogP contribution >= 0.6 is 12.4 Å². The molecule has 140 valence electrons. The van der Waals surface area contributed by atoms with Gasteiger partial charge >= 0.3 is 0 Å². The number of rotatable bonds is 2. The van der Waals surface area contributed by atoms with Gasteiger partial charge in [0, 0.05) is 6.04 Å². The summed E-state index contributed by atoms with van der Waals surface area (Å²) in [5.74, 6) is 2.32. The first-order valence-corrected chi connectivity index (χ1v) is 9.39. The number of phenols is 1. The molecule has 0 radical (unpaired) electrons. The van der Waals surface area contributed by atoms with E-state index >= 15 is 0 Å². The Morgan fingerprint density at radius 2 is 2.00 bits per heavy atom. The number of fused-ring (bicyclic) bond motifs is 5. The molecule has 0 bridgehead atoms. The van der Waals surface area contributed by atoms with Gasteiger partial charge in [-0.1, -0.05) is 6.92 Å². The molecule has 3 aliphatic rings. The first-order chi connectivity index (χ1) is 11.5. The molecule has 1 aromatic carbocycles. The van der Waals surface area contributed by atoms with Crippen molar-refractivity contribution in [3.05, 3.63) is 23.3 Å². The van der Waals surface area contributed by atoms with Crippen LogP contribution in [0.25, 0.3) is 0 Å². The summed E-state index contributed by atoms with van der Waals surface area (Å²) in [7, 11) is 0. The van der Waals surface area contributed by atoms with E-state index in [1.807, 2.05) is 19.1 Å². The predicted octanol–water partition coefficient (Wildman–Crippen LogP) is 3.89. The summed E-state index contributed by atoms with van der Waals surface area (Å²) in [4.78, 5) is 0. The zero-order valence-electron chi connectivity index (χ0n) is 15.1. The van der Waals surface area contributed by atoms with Crippen LogP contribution in [0.1, 0.15) is 69.0 Å². The molecule has 4 N–H and O–H groups in total. The lowest BCUT2D eigenvalue weighted by molar-refractivity contribution is -0.0248. The second kappa shape index (κ2) is 6.64. The van der Waals surface area contributed by atoms with Gasteiger partial charge < -0.3 is 20.7 Å². The first kappa shape index (κ1) is 18.8. The molecule has 6 atom stereocenters. The summed E-state index contributed by atoms with van der Waals surface area (Å²) in [5.41, 5.74) is 8.90. The number of phenolic OH excluding ortho intramolecular Hbond substituents is 1. The number of aromatic hydroxyl groups is 1. The van der Waals surface area contributed by atoms with Crippen LogP contribution in [-0.4, -0.2) is 22.9 Å². The van der Waals surface area contributed by atoms with Crippen molar-refractivity contribution in [2.75, 3.05) is 6.61 Å². The highest BCUT2D eigenvalue weighted by atomic mass is 35.5. The molecule has 0 saturated heterocycles. The van der Waals surface area contributed by atoms with Crippen LogP contribution in [0.4, 0.5) is 0 Å². The van der Waals surface area contributed by atoms with Crippen LogP contribution in [-0.2, 0) is 0 Å². The van der Waals surface area contributed by atoms with E-state index in [0.717, 1.165) is 37.7 Å². The van der Waals surface area contributed by atoms with Gasteiger partial charge in [0.1, 0.15) is 0 Å². The Morgan fingerprint density at radius 1 is 1.24 bits per heavy atom. The van der Waals surface area contributed by atoms with Crippen molar-refractivity contribution in [3.63, 3.8) is 0 Å². The molecule has 0 heterocycles. The number of hydrogen-bond acceptors (Lipinski definition) is 4. The molecule has 1 unspecified atom stereocenters. The molecular formula is C20H30ClNO3. The van der Waals surface area contributed by atoms with Crippen molar-refractivity contribution < 1.29 is 14.9 Å². The van der Waals surface area contributed by atoms with E-state index in [4.69, 9.17) is 10.5 Å². The Kier molecular flexibility index (Phi) is 5.00. The average Bonchev–Trinajstić information content (AvgIpc) is 2.85. The van der Waals surface area contributed by atoms with E-state index in [1.165, 1.54) is 5.56 Å². The molecule has 0 spiro atoms. The van der Waals surface area contributed by atoms with Gasteiger partial charge in [-0.15, -0.1) is 12.4 Å². The van der Waals surface area contributed by atoms with Gasteiger partial charge in [0.2, 0.25) is 0 Å². The normalized spacial score (nSPS) is 39.0. The SMILES string of the molecule is CCOc1cc2c(cc1O)C(N)C[C@@H]1[C@@H]2CC[C@]2(C)[C@@H](O)CC[C@@H]12.Cl. The lowest BCUT2D eigenvalue weighted by Crippen LogP contribution is -2.45. The summed E-state index contributed by atoms with van der Waals surface area (Å²) in [6.45, 7) is 4.74. The quantitative estimate of drug-likeness (QED) is 0.741. The number of benzene rings is 1. The van der Waals surface area contributed by atoms with E-state index in [0.29, 0.717) is 30.1 Å². The second-order valence-electron chi connectivity index (χ2n) is 8.24. The maximum absolute atomic E-state index is 10.5. The lowest BCUT2D eigenvalue weighted by Gasteiger charge is -2.51. The second-order valence-corrected chi connectivity index (χ2v) is 8.24. The van der Waals surface area contributed by atoms with Gasteiger partial charge in [-0.2, -0.15) is 0 Å². The van der Waals surface area contributed by atoms with Crippen molar-refractivity contribution >= 4 is 12.4 Å². The Labute approximate surface area is 156 Å². The fourth-order valence-electron chi connectivity index (χ4n) is 5.91. The molecule has 3 aliphatic carbocycles. The van der Waals surface area contributed by atoms with E-state index in [2.05, 4.69) is 6.92 Å². The van der Waals surface area contributed by atoms with Crippen molar-refractivity contribution in [1.82, 2.24) is 0 Å². The van der Waals surface area contributed by atoms with Gasteiger partial charge in [0.15, 0.2) is 11.5 Å². The van der Waals surface area contributed by atoms with E-state index in [1.54, 1.807) is 0 Å². The zero-order chi connectivity index (χ0) is 17.1. The lowest BCUT2D eigenvalue weighted by atomic mass is 9.55. The monoisotopic (exact) mass is 367 g/mol. The number of ether oxygens (including phenoxy) is 1. The molecule has 2 saturated carbocycles. The molecule has 25 heavy (non-hydrogen) atoms.